The maximum atomic E-state index is 8.73. The summed E-state index contributed by atoms with van der Waals surface area (Å²) in [6.07, 6.45) is 0. The maximum absolute atomic E-state index is 8.73. The van der Waals surface area contributed by atoms with Crippen LogP contribution in [0.1, 0.15) is 0 Å². The molecule has 0 radical (unpaired) electrons. The van der Waals surface area contributed by atoms with E-state index in [0.29, 0.717) is 0 Å². The summed E-state index contributed by atoms with van der Waals surface area (Å²) < 4.78 is 56.0. The van der Waals surface area contributed by atoms with Gasteiger partial charge in [-0.1, -0.05) is 0 Å². The molecule has 2 N–H and O–H groups in total. The van der Waals surface area contributed by atoms with Gasteiger partial charge in [0, 0.05) is 0 Å². The Morgan fingerprint density at radius 2 is 0.923 bits per heavy atom. The third-order valence-electron chi connectivity index (χ3n) is 0. The Hall–Kier alpha value is 2.65. The van der Waals surface area contributed by atoms with Gasteiger partial charge in [-0.25, -0.2) is 0 Å². The molecular formula is C3H14Bi4O6. The van der Waals surface area contributed by atoms with Gasteiger partial charge in [0.15, 0.2) is 0 Å². The zero-order valence-corrected chi connectivity index (χ0v) is 22.8. The Morgan fingerprint density at radius 3 is 0.923 bits per heavy atom. The number of rotatable bonds is 0. The van der Waals surface area contributed by atoms with Gasteiger partial charge in [-0.15, -0.1) is 0 Å². The summed E-state index contributed by atoms with van der Waals surface area (Å²) in [7, 11) is 0. The van der Waals surface area contributed by atoms with E-state index in [0.717, 1.165) is 0 Å². The van der Waals surface area contributed by atoms with Crippen LogP contribution in [-0.2, 0) is 11.3 Å². The Kier molecular flexibility index (Phi) is 55.8. The first kappa shape index (κ1) is 24.7. The summed E-state index contributed by atoms with van der Waals surface area (Å²) in [5.74, 6) is 0. The molecule has 0 saturated carbocycles. The fraction of sp³-hybridized carbons (Fsp3) is 1.00. The SMILES string of the molecule is [CH3][BiH2].[CH3][BiH][CH3].[O]=[Bi](=[O])[OH].[O]=[Bi](=[O])[OH]. The first-order valence-corrected chi connectivity index (χ1v) is 23.8. The summed E-state index contributed by atoms with van der Waals surface area (Å²) >= 11 is -6.94. The van der Waals surface area contributed by atoms with Crippen molar-refractivity contribution in [2.75, 3.05) is 0 Å². The van der Waals surface area contributed by atoms with Crippen LogP contribution < -0.4 is 0 Å². The summed E-state index contributed by atoms with van der Waals surface area (Å²) in [5.41, 5.74) is 0. The average Bonchev–Trinajstić information content (AvgIpc) is 1.89. The first-order valence-electron chi connectivity index (χ1n) is 2.71. The van der Waals surface area contributed by atoms with Crippen LogP contribution in [-0.4, -0.2) is 98.7 Å². The second-order valence-corrected chi connectivity index (χ2v) is 8.56. The van der Waals surface area contributed by atoms with Crippen LogP contribution in [0.15, 0.2) is 0 Å². The van der Waals surface area contributed by atoms with E-state index in [1.165, 1.54) is 24.7 Å². The molecule has 0 unspecified atom stereocenters. The van der Waals surface area contributed by atoms with Crippen molar-refractivity contribution in [2.45, 2.75) is 13.9 Å². The van der Waals surface area contributed by atoms with Crippen molar-refractivity contribution in [1.29, 1.82) is 0 Å². The van der Waals surface area contributed by atoms with Gasteiger partial charge in [0.25, 0.3) is 0 Å². The normalized spacial score (nSPS) is 5.69. The van der Waals surface area contributed by atoms with Crippen LogP contribution in [0.3, 0.4) is 0 Å². The van der Waals surface area contributed by atoms with Crippen molar-refractivity contribution in [1.82, 2.24) is 0 Å². The summed E-state index contributed by atoms with van der Waals surface area (Å²) in [4.78, 5) is 0. The van der Waals surface area contributed by atoms with Gasteiger partial charge in [0.1, 0.15) is 0 Å². The molecule has 10 heteroatoms. The quantitative estimate of drug-likeness (QED) is 0.268. The molecule has 0 rings (SSSR count). The van der Waals surface area contributed by atoms with Gasteiger partial charge >= 0.3 is 124 Å². The predicted molar refractivity (Wildman–Crippen MR) is 52.0 cm³/mol. The zero-order valence-electron chi connectivity index (χ0n) is 7.50. The van der Waals surface area contributed by atoms with Crippen molar-refractivity contribution in [2.24, 2.45) is 0 Å². The Balaban J connectivity index is -0.0000000431. The number of hydrogen-bond donors (Lipinski definition) is 2. The number of hydrogen-bond acceptors (Lipinski definition) is 4. The molecule has 0 amide bonds. The van der Waals surface area contributed by atoms with Crippen molar-refractivity contribution in [3.63, 3.8) is 0 Å². The minimum atomic E-state index is -4.09. The Labute approximate surface area is 121 Å². The van der Waals surface area contributed by atoms with E-state index < -0.39 is 44.4 Å². The molecule has 0 aliphatic carbocycles. The van der Waals surface area contributed by atoms with E-state index in [2.05, 4.69) is 13.9 Å². The van der Waals surface area contributed by atoms with Crippen LogP contribution in [0.5, 0.6) is 0 Å². The molecule has 6 nitrogen and oxygen atoms in total. The minimum absolute atomic E-state index is 0.0833. The van der Waals surface area contributed by atoms with Crippen LogP contribution in [0.25, 0.3) is 0 Å². The molecule has 0 aromatic carbocycles. The van der Waals surface area contributed by atoms with Gasteiger partial charge < -0.3 is 0 Å². The summed E-state index contributed by atoms with van der Waals surface area (Å²) in [6, 6.07) is 0. The standard InChI is InChI=1S/3CH3.4Bi.2H2O.4O.3H/h3*1H3;;;;;2*1H2;;;;;;;/q;;;;;2*+1;;;;;;;;;/p-2. The van der Waals surface area contributed by atoms with Crippen molar-refractivity contribution in [3.8, 4) is 0 Å². The summed E-state index contributed by atoms with van der Waals surface area (Å²) in [6.45, 7) is 0. The molecule has 0 aromatic heterocycles. The van der Waals surface area contributed by atoms with E-state index in [1.54, 1.807) is 0 Å². The van der Waals surface area contributed by atoms with Gasteiger partial charge in [-0.3, -0.25) is 0 Å². The molecule has 82 valence electrons. The van der Waals surface area contributed by atoms with Gasteiger partial charge in [0.05, 0.1) is 0 Å². The van der Waals surface area contributed by atoms with E-state index in [9.17, 15) is 0 Å². The zero-order chi connectivity index (χ0) is 11.9. The second kappa shape index (κ2) is 29.3. The third kappa shape index (κ3) is 333. The van der Waals surface area contributed by atoms with Crippen molar-refractivity contribution in [3.05, 3.63) is 0 Å². The van der Waals surface area contributed by atoms with Crippen LogP contribution in [0.2, 0.25) is 13.9 Å². The molecule has 0 atom stereocenters. The molecule has 0 aromatic rings. The van der Waals surface area contributed by atoms with Crippen LogP contribution in [0.4, 0.5) is 0 Å². The molecule has 0 aliphatic heterocycles. The van der Waals surface area contributed by atoms with Gasteiger partial charge in [-0.2, -0.15) is 0 Å². The second-order valence-electron chi connectivity index (χ2n) is 0.976. The fourth-order valence-electron chi connectivity index (χ4n) is 0. The Bertz CT molecular complexity index is 148. The molecular weight excluding hydrogens is 968 g/mol. The topological polar surface area (TPSA) is 109 Å². The molecule has 0 aliphatic rings. The van der Waals surface area contributed by atoms with E-state index >= 15 is 0 Å². The van der Waals surface area contributed by atoms with Crippen molar-refractivity contribution < 1.29 is 17.6 Å². The molecule has 0 bridgehead atoms. The van der Waals surface area contributed by atoms with Crippen molar-refractivity contribution >= 4 is 92.4 Å². The first-order chi connectivity index (χ1) is 5.88. The molecule has 0 saturated heterocycles. The third-order valence-corrected chi connectivity index (χ3v) is 0. The monoisotopic (exact) mass is 982 g/mol. The van der Waals surface area contributed by atoms with E-state index in [4.69, 9.17) is 17.6 Å². The van der Waals surface area contributed by atoms with Gasteiger partial charge in [0.2, 0.25) is 0 Å². The average molecular weight is 982 g/mol. The van der Waals surface area contributed by atoms with E-state index in [-0.39, 0.29) is 23.2 Å². The molecule has 0 heterocycles. The summed E-state index contributed by atoms with van der Waals surface area (Å²) in [5, 5.41) is 0. The molecule has 0 fully saturated rings. The molecule has 13 heavy (non-hydrogen) atoms. The van der Waals surface area contributed by atoms with Crippen LogP contribution >= 0.6 is 0 Å². The Morgan fingerprint density at radius 1 is 0.923 bits per heavy atom. The molecule has 0 spiro atoms. The van der Waals surface area contributed by atoms with E-state index in [1.807, 2.05) is 0 Å². The predicted octanol–water partition coefficient (Wildman–Crippen LogP) is -2.16. The van der Waals surface area contributed by atoms with Gasteiger partial charge in [-0.05, 0) is 0 Å². The fourth-order valence-corrected chi connectivity index (χ4v) is 0. The van der Waals surface area contributed by atoms with Crippen LogP contribution in [0, 0.1) is 0 Å².